The van der Waals surface area contributed by atoms with Gasteiger partial charge in [0.2, 0.25) is 0 Å². The molecular weight excluding hydrogens is 380 g/mol. The van der Waals surface area contributed by atoms with Gasteiger partial charge in [-0.25, -0.2) is 4.57 Å². The van der Waals surface area contributed by atoms with Gasteiger partial charge in [0.15, 0.2) is 5.69 Å². The molecular formula is C17H14BrClN2S. The van der Waals surface area contributed by atoms with Crippen LogP contribution in [-0.4, -0.2) is 10.3 Å². The molecule has 4 rings (SSSR count). The van der Waals surface area contributed by atoms with Crippen LogP contribution in [0.2, 0.25) is 5.02 Å². The first-order valence-electron chi connectivity index (χ1n) is 6.92. The first-order chi connectivity index (χ1) is 10.3. The van der Waals surface area contributed by atoms with Gasteiger partial charge in [0.25, 0.3) is 0 Å². The molecule has 0 fully saturated rings. The summed E-state index contributed by atoms with van der Waals surface area (Å²) in [7, 11) is 0. The maximum absolute atomic E-state index is 6.01. The van der Waals surface area contributed by atoms with Gasteiger partial charge in [-0.1, -0.05) is 29.8 Å². The number of fused-ring (bicyclic) bond motifs is 1. The lowest BCUT2D eigenvalue weighted by atomic mass is 10.1. The van der Waals surface area contributed by atoms with Crippen LogP contribution in [0, 0.1) is 0 Å². The molecule has 2 aromatic carbocycles. The lowest BCUT2D eigenvalue weighted by molar-refractivity contribution is -0.723. The number of thioether (sulfide) groups is 1. The maximum Gasteiger partial charge on any atom is 0.323 e. The van der Waals surface area contributed by atoms with Gasteiger partial charge >= 0.3 is 5.16 Å². The van der Waals surface area contributed by atoms with E-state index in [2.05, 4.69) is 57.8 Å². The van der Waals surface area contributed by atoms with Crippen molar-refractivity contribution in [2.75, 3.05) is 5.75 Å². The number of rotatable bonds is 2. The summed E-state index contributed by atoms with van der Waals surface area (Å²) in [5.74, 6) is 1.14. The Morgan fingerprint density at radius 3 is 2.45 bits per heavy atom. The molecule has 0 atom stereocenters. The number of hydrogen-bond acceptors (Lipinski definition) is 1. The smallest absolute Gasteiger partial charge is 0.323 e. The minimum absolute atomic E-state index is 0. The molecule has 5 heteroatoms. The average Bonchev–Trinajstić information content (AvgIpc) is 3.09. The fraction of sp³-hybridized carbons (Fsp3) is 0.118. The summed E-state index contributed by atoms with van der Waals surface area (Å²) in [6, 6.07) is 18.6. The van der Waals surface area contributed by atoms with Crippen molar-refractivity contribution >= 4 is 23.4 Å². The third-order valence-corrected chi connectivity index (χ3v) is 4.99. The number of hydrogen-bond donors (Lipinski definition) is 0. The van der Waals surface area contributed by atoms with Crippen LogP contribution in [0.25, 0.3) is 16.9 Å². The van der Waals surface area contributed by atoms with Gasteiger partial charge < -0.3 is 17.0 Å². The number of imidazole rings is 1. The van der Waals surface area contributed by atoms with E-state index in [0.717, 1.165) is 17.3 Å². The van der Waals surface area contributed by atoms with Crippen LogP contribution in [0.3, 0.4) is 0 Å². The summed E-state index contributed by atoms with van der Waals surface area (Å²) in [6.07, 6.45) is 2.24. The molecule has 1 aliphatic rings. The van der Waals surface area contributed by atoms with Crippen LogP contribution in [0.15, 0.2) is 66.0 Å². The summed E-state index contributed by atoms with van der Waals surface area (Å²) in [4.78, 5) is 0. The number of aryl methyl sites for hydroxylation is 1. The molecule has 3 aromatic rings. The highest BCUT2D eigenvalue weighted by Crippen LogP contribution is 2.31. The largest absolute Gasteiger partial charge is 1.00 e. The fourth-order valence-corrected chi connectivity index (χ4v) is 3.93. The molecule has 112 valence electrons. The van der Waals surface area contributed by atoms with Gasteiger partial charge in [-0.05, 0) is 48.2 Å². The number of halogens is 2. The van der Waals surface area contributed by atoms with Crippen molar-refractivity contribution in [2.45, 2.75) is 11.7 Å². The van der Waals surface area contributed by atoms with E-state index in [1.165, 1.54) is 22.1 Å². The first kappa shape index (κ1) is 15.7. The molecule has 0 radical (unpaired) electrons. The summed E-state index contributed by atoms with van der Waals surface area (Å²) in [5.41, 5.74) is 3.59. The summed E-state index contributed by atoms with van der Waals surface area (Å²) in [6.45, 7) is 1.07. The second kappa shape index (κ2) is 6.49. The Bertz CT molecular complexity index is 784. The molecule has 0 bridgehead atoms. The summed E-state index contributed by atoms with van der Waals surface area (Å²) < 4.78 is 4.67. The van der Waals surface area contributed by atoms with Gasteiger partial charge in [0.1, 0.15) is 18.4 Å². The van der Waals surface area contributed by atoms with E-state index in [1.807, 2.05) is 23.9 Å². The third kappa shape index (κ3) is 2.71. The topological polar surface area (TPSA) is 8.81 Å². The van der Waals surface area contributed by atoms with Crippen molar-refractivity contribution in [2.24, 2.45) is 0 Å². The first-order valence-corrected chi connectivity index (χ1v) is 8.28. The van der Waals surface area contributed by atoms with E-state index in [0.29, 0.717) is 0 Å². The standard InChI is InChI=1S/C17H14ClN2S.BrH/c18-14-8-6-13(7-9-14)16-12-19-10-11-21-17(19)20(16)15-4-2-1-3-5-15;/h1-9,12H,10-11H2;1H/q+1;/p-1. The van der Waals surface area contributed by atoms with Crippen LogP contribution in [-0.2, 0) is 6.54 Å². The maximum atomic E-state index is 6.01. The van der Waals surface area contributed by atoms with Crippen molar-refractivity contribution < 1.29 is 21.5 Å². The molecule has 0 saturated carbocycles. The highest BCUT2D eigenvalue weighted by atomic mass is 79.9. The quantitative estimate of drug-likeness (QED) is 0.594. The second-order valence-electron chi connectivity index (χ2n) is 5.02. The Balaban J connectivity index is 0.00000144. The molecule has 2 heterocycles. The van der Waals surface area contributed by atoms with Crippen molar-refractivity contribution in [1.82, 2.24) is 4.57 Å². The van der Waals surface area contributed by atoms with Gasteiger partial charge in [0, 0.05) is 16.3 Å². The van der Waals surface area contributed by atoms with Crippen LogP contribution in [0.5, 0.6) is 0 Å². The molecule has 1 aromatic heterocycles. The predicted molar refractivity (Wildman–Crippen MR) is 87.1 cm³/mol. The van der Waals surface area contributed by atoms with Crippen molar-refractivity contribution in [3.63, 3.8) is 0 Å². The second-order valence-corrected chi connectivity index (χ2v) is 6.52. The predicted octanol–water partition coefficient (Wildman–Crippen LogP) is 1.19. The molecule has 1 aliphatic heterocycles. The van der Waals surface area contributed by atoms with E-state index < -0.39 is 0 Å². The Morgan fingerprint density at radius 2 is 1.73 bits per heavy atom. The molecule has 2 nitrogen and oxygen atoms in total. The highest BCUT2D eigenvalue weighted by molar-refractivity contribution is 7.99. The Kier molecular flexibility index (Phi) is 4.62. The minimum atomic E-state index is 0. The fourth-order valence-electron chi connectivity index (χ4n) is 2.69. The summed E-state index contributed by atoms with van der Waals surface area (Å²) >= 11 is 7.92. The summed E-state index contributed by atoms with van der Waals surface area (Å²) in [5, 5.41) is 2.07. The van der Waals surface area contributed by atoms with Gasteiger partial charge in [-0.15, -0.1) is 0 Å². The number of para-hydroxylation sites is 1. The van der Waals surface area contributed by atoms with E-state index >= 15 is 0 Å². The molecule has 0 aliphatic carbocycles. The average molecular weight is 394 g/mol. The van der Waals surface area contributed by atoms with Crippen molar-refractivity contribution in [1.29, 1.82) is 0 Å². The number of aromatic nitrogens is 2. The molecule has 0 spiro atoms. The van der Waals surface area contributed by atoms with Crippen LogP contribution in [0.1, 0.15) is 0 Å². The van der Waals surface area contributed by atoms with E-state index in [-0.39, 0.29) is 17.0 Å². The van der Waals surface area contributed by atoms with Crippen molar-refractivity contribution in [3.8, 4) is 16.9 Å². The highest BCUT2D eigenvalue weighted by Gasteiger charge is 2.30. The molecule has 0 N–H and O–H groups in total. The van der Waals surface area contributed by atoms with Crippen LogP contribution < -0.4 is 21.5 Å². The van der Waals surface area contributed by atoms with Gasteiger partial charge in [-0.3, -0.25) is 0 Å². The zero-order chi connectivity index (χ0) is 14.2. The Morgan fingerprint density at radius 1 is 1.00 bits per heavy atom. The zero-order valence-electron chi connectivity index (χ0n) is 11.7. The van der Waals surface area contributed by atoms with Crippen molar-refractivity contribution in [3.05, 3.63) is 65.8 Å². The zero-order valence-corrected chi connectivity index (χ0v) is 14.9. The SMILES string of the molecule is Clc1ccc(-c2c[n+]3c(n2-c2ccccc2)SCC3)cc1.[Br-]. The normalized spacial score (nSPS) is 12.8. The minimum Gasteiger partial charge on any atom is -1.00 e. The van der Waals surface area contributed by atoms with Gasteiger partial charge in [-0.2, -0.15) is 4.57 Å². The van der Waals surface area contributed by atoms with Gasteiger partial charge in [0.05, 0.1) is 0 Å². The monoisotopic (exact) mass is 392 g/mol. The molecule has 22 heavy (non-hydrogen) atoms. The molecule has 0 saturated heterocycles. The van der Waals surface area contributed by atoms with E-state index in [1.54, 1.807) is 0 Å². The number of nitrogens with zero attached hydrogens (tertiary/aromatic N) is 2. The molecule has 0 unspecified atom stereocenters. The van der Waals surface area contributed by atoms with Crippen LogP contribution >= 0.6 is 23.4 Å². The lowest BCUT2D eigenvalue weighted by Gasteiger charge is -2.03. The number of benzene rings is 2. The lowest BCUT2D eigenvalue weighted by Crippen LogP contribution is -3.00. The van der Waals surface area contributed by atoms with E-state index in [4.69, 9.17) is 11.6 Å². The third-order valence-electron chi connectivity index (χ3n) is 3.67. The molecule has 0 amide bonds. The Hall–Kier alpha value is -1.23. The van der Waals surface area contributed by atoms with E-state index in [9.17, 15) is 0 Å². The van der Waals surface area contributed by atoms with Crippen LogP contribution in [0.4, 0.5) is 0 Å². The Labute approximate surface area is 149 Å².